The van der Waals surface area contributed by atoms with Gasteiger partial charge in [0.1, 0.15) is 24.1 Å². The molecule has 2 N–H and O–H groups in total. The molecule has 3 aromatic rings. The summed E-state index contributed by atoms with van der Waals surface area (Å²) in [6, 6.07) is 8.86. The molecule has 3 fully saturated rings. The third-order valence-electron chi connectivity index (χ3n) is 7.77. The number of aromatic nitrogens is 1. The lowest BCUT2D eigenvalue weighted by Crippen LogP contribution is -2.48. The summed E-state index contributed by atoms with van der Waals surface area (Å²) in [5.41, 5.74) is -0.0857. The van der Waals surface area contributed by atoms with Crippen LogP contribution in [0, 0.1) is 11.6 Å². The van der Waals surface area contributed by atoms with E-state index in [1.54, 1.807) is 12.3 Å². The van der Waals surface area contributed by atoms with Crippen LogP contribution in [0.1, 0.15) is 31.7 Å². The molecule has 11 heteroatoms. The number of ether oxygens (including phenoxy) is 2. The van der Waals surface area contributed by atoms with E-state index in [4.69, 9.17) is 9.47 Å². The number of halogens is 2. The summed E-state index contributed by atoms with van der Waals surface area (Å²) in [5, 5.41) is 20.6. The van der Waals surface area contributed by atoms with E-state index >= 15 is 4.39 Å². The van der Waals surface area contributed by atoms with E-state index in [9.17, 15) is 24.2 Å². The number of hydrogen-bond donors (Lipinski definition) is 2. The predicted octanol–water partition coefficient (Wildman–Crippen LogP) is 3.34. The Kier molecular flexibility index (Phi) is 6.43. The first kappa shape index (κ1) is 25.6. The Morgan fingerprint density at radius 1 is 1.05 bits per heavy atom. The van der Waals surface area contributed by atoms with Crippen molar-refractivity contribution in [3.63, 3.8) is 0 Å². The molecule has 1 atom stereocenters. The highest BCUT2D eigenvalue weighted by atomic mass is 19.1. The maximum Gasteiger partial charge on any atom is 0.414 e. The zero-order valence-electron chi connectivity index (χ0n) is 21.2. The van der Waals surface area contributed by atoms with Crippen LogP contribution in [-0.4, -0.2) is 65.4 Å². The fourth-order valence-electron chi connectivity index (χ4n) is 5.32. The largest absolute Gasteiger partial charge is 0.488 e. The van der Waals surface area contributed by atoms with Crippen molar-refractivity contribution in [1.29, 1.82) is 0 Å². The second-order valence-electron chi connectivity index (χ2n) is 10.6. The summed E-state index contributed by atoms with van der Waals surface area (Å²) in [6.45, 7) is 0.343. The van der Waals surface area contributed by atoms with Crippen molar-refractivity contribution in [2.45, 2.75) is 43.4 Å². The molecule has 0 unspecified atom stereocenters. The van der Waals surface area contributed by atoms with Crippen molar-refractivity contribution in [2.24, 2.45) is 0 Å². The summed E-state index contributed by atoms with van der Waals surface area (Å²) in [4.78, 5) is 27.4. The maximum atomic E-state index is 15.1. The van der Waals surface area contributed by atoms with Gasteiger partial charge >= 0.3 is 6.09 Å². The average molecular weight is 542 g/mol. The minimum atomic E-state index is -1.24. The topological polar surface area (TPSA) is 104 Å². The van der Waals surface area contributed by atoms with Gasteiger partial charge in [-0.3, -0.25) is 9.69 Å². The molecule has 1 aliphatic carbocycles. The minimum Gasteiger partial charge on any atom is -0.488 e. The molecule has 1 aromatic heterocycles. The smallest absolute Gasteiger partial charge is 0.414 e. The van der Waals surface area contributed by atoms with Gasteiger partial charge in [-0.05, 0) is 49.9 Å². The number of hydrogen-bond acceptors (Lipinski definition) is 7. The molecule has 39 heavy (non-hydrogen) atoms. The van der Waals surface area contributed by atoms with Crippen LogP contribution in [-0.2, 0) is 4.74 Å². The Hall–Kier alpha value is -3.70. The number of carbonyl (C=O) groups excluding carboxylic acids is 1. The highest BCUT2D eigenvalue weighted by molar-refractivity contribution is 5.89. The second-order valence-corrected chi connectivity index (χ2v) is 10.6. The van der Waals surface area contributed by atoms with Gasteiger partial charge in [0.2, 0.25) is 0 Å². The SMILES string of the molecule is O=C1O[C@@H](CO)CN1c1ccc(OCC2(O)CCN(c3cc4c(cc3F)c(=O)ccn4C3CC3)CC2)c(F)c1. The molecule has 3 aliphatic rings. The Labute approximate surface area is 222 Å². The first-order valence-corrected chi connectivity index (χ1v) is 13.1. The van der Waals surface area contributed by atoms with Gasteiger partial charge in [-0.1, -0.05) is 0 Å². The molecule has 206 valence electrons. The first-order chi connectivity index (χ1) is 18.7. The summed E-state index contributed by atoms with van der Waals surface area (Å²) in [7, 11) is 0. The fourth-order valence-corrected chi connectivity index (χ4v) is 5.32. The Balaban J connectivity index is 1.12. The number of benzene rings is 2. The monoisotopic (exact) mass is 541 g/mol. The van der Waals surface area contributed by atoms with E-state index in [1.165, 1.54) is 29.2 Å². The Morgan fingerprint density at radius 3 is 2.49 bits per heavy atom. The summed E-state index contributed by atoms with van der Waals surface area (Å²) < 4.78 is 42.5. The number of cyclic esters (lactones) is 1. The van der Waals surface area contributed by atoms with Gasteiger partial charge < -0.3 is 29.2 Å². The van der Waals surface area contributed by atoms with E-state index < -0.39 is 29.4 Å². The molecule has 0 spiro atoms. The van der Waals surface area contributed by atoms with E-state index in [0.717, 1.165) is 18.9 Å². The molecule has 3 heterocycles. The van der Waals surface area contributed by atoms with Crippen molar-refractivity contribution in [3.05, 3.63) is 64.5 Å². The lowest BCUT2D eigenvalue weighted by atomic mass is 9.92. The number of piperidine rings is 1. The number of amides is 1. The van der Waals surface area contributed by atoms with Gasteiger partial charge in [0.05, 0.1) is 30.0 Å². The number of fused-ring (bicyclic) bond motifs is 1. The quantitative estimate of drug-likeness (QED) is 0.473. The van der Waals surface area contributed by atoms with Crippen LogP contribution >= 0.6 is 0 Å². The van der Waals surface area contributed by atoms with Crippen molar-refractivity contribution in [2.75, 3.05) is 42.6 Å². The van der Waals surface area contributed by atoms with E-state index in [0.29, 0.717) is 35.7 Å². The fraction of sp³-hybridized carbons (Fsp3) is 0.429. The molecular formula is C28H29F2N3O6. The summed E-state index contributed by atoms with van der Waals surface area (Å²) >= 11 is 0. The number of carbonyl (C=O) groups is 1. The molecule has 9 nitrogen and oxygen atoms in total. The first-order valence-electron chi connectivity index (χ1n) is 13.1. The van der Waals surface area contributed by atoms with Crippen molar-refractivity contribution in [1.82, 2.24) is 4.57 Å². The second kappa shape index (κ2) is 9.80. The van der Waals surface area contributed by atoms with Crippen LogP contribution in [0.15, 0.2) is 47.4 Å². The third-order valence-corrected chi connectivity index (χ3v) is 7.77. The standard InChI is InChI=1S/C28H29F2N3O6/c29-21-12-20-23(32(17-1-2-17)8-5-25(20)35)13-24(21)31-9-6-28(37,7-10-31)16-38-26-4-3-18(11-22(26)30)33-14-19(15-34)39-27(33)36/h3-5,8,11-13,17,19,34,37H,1-2,6-7,9-10,14-16H2/t19-/m1/s1. The molecule has 0 bridgehead atoms. The van der Waals surface area contributed by atoms with Gasteiger partial charge in [-0.2, -0.15) is 0 Å². The minimum absolute atomic E-state index is 0.0699. The zero-order valence-corrected chi connectivity index (χ0v) is 21.2. The Morgan fingerprint density at radius 2 is 1.82 bits per heavy atom. The summed E-state index contributed by atoms with van der Waals surface area (Å²) in [6.07, 6.45) is 3.04. The van der Waals surface area contributed by atoms with Crippen molar-refractivity contribution >= 4 is 28.4 Å². The molecule has 2 aromatic carbocycles. The van der Waals surface area contributed by atoms with Crippen LogP contribution < -0.4 is 20.0 Å². The molecular weight excluding hydrogens is 512 g/mol. The van der Waals surface area contributed by atoms with Crippen LogP contribution in [0.5, 0.6) is 5.75 Å². The number of anilines is 2. The Bertz CT molecular complexity index is 1480. The number of aliphatic hydroxyl groups is 2. The average Bonchev–Trinajstić information content (AvgIpc) is 3.69. The van der Waals surface area contributed by atoms with Gasteiger partial charge in [0.15, 0.2) is 17.0 Å². The van der Waals surface area contributed by atoms with E-state index in [2.05, 4.69) is 0 Å². The van der Waals surface area contributed by atoms with E-state index in [1.807, 2.05) is 9.47 Å². The zero-order chi connectivity index (χ0) is 27.3. The molecule has 2 aliphatic heterocycles. The number of pyridine rings is 1. The van der Waals surface area contributed by atoms with Crippen LogP contribution in [0.2, 0.25) is 0 Å². The predicted molar refractivity (Wildman–Crippen MR) is 139 cm³/mol. The molecule has 0 radical (unpaired) electrons. The van der Waals surface area contributed by atoms with Gasteiger partial charge in [0.25, 0.3) is 0 Å². The van der Waals surface area contributed by atoms with Crippen molar-refractivity contribution < 1.29 is 33.3 Å². The van der Waals surface area contributed by atoms with Crippen LogP contribution in [0.4, 0.5) is 25.0 Å². The van der Waals surface area contributed by atoms with Crippen molar-refractivity contribution in [3.8, 4) is 5.75 Å². The highest BCUT2D eigenvalue weighted by Crippen LogP contribution is 2.38. The molecule has 1 saturated carbocycles. The van der Waals surface area contributed by atoms with Crippen LogP contribution in [0.25, 0.3) is 10.9 Å². The number of aliphatic hydroxyl groups excluding tert-OH is 1. The lowest BCUT2D eigenvalue weighted by molar-refractivity contribution is -0.0250. The number of nitrogens with zero attached hydrogens (tertiary/aromatic N) is 3. The number of rotatable bonds is 7. The van der Waals surface area contributed by atoms with Gasteiger partial charge in [-0.15, -0.1) is 0 Å². The molecule has 2 saturated heterocycles. The normalized spacial score (nSPS) is 20.9. The third kappa shape index (κ3) is 4.92. The van der Waals surface area contributed by atoms with Gasteiger partial charge in [-0.25, -0.2) is 13.6 Å². The maximum absolute atomic E-state index is 15.1. The lowest BCUT2D eigenvalue weighted by Gasteiger charge is -2.39. The van der Waals surface area contributed by atoms with Crippen LogP contribution in [0.3, 0.4) is 0 Å². The molecule has 6 rings (SSSR count). The molecule has 1 amide bonds. The summed E-state index contributed by atoms with van der Waals surface area (Å²) in [5.74, 6) is -1.25. The van der Waals surface area contributed by atoms with Gasteiger partial charge in [0, 0.05) is 42.8 Å². The highest BCUT2D eigenvalue weighted by Gasteiger charge is 2.35. The van der Waals surface area contributed by atoms with E-state index in [-0.39, 0.29) is 49.5 Å².